The molecule has 0 spiro atoms. The first-order valence-electron chi connectivity index (χ1n) is 4.36. The van der Waals surface area contributed by atoms with Crippen LogP contribution in [0, 0.1) is 5.92 Å². The van der Waals surface area contributed by atoms with E-state index in [4.69, 9.17) is 5.73 Å². The van der Waals surface area contributed by atoms with Gasteiger partial charge in [-0.05, 0) is 36.7 Å². The van der Waals surface area contributed by atoms with Gasteiger partial charge in [0.1, 0.15) is 0 Å². The van der Waals surface area contributed by atoms with Crippen molar-refractivity contribution in [3.05, 3.63) is 12.2 Å². The summed E-state index contributed by atoms with van der Waals surface area (Å²) in [6, 6.07) is 0. The Hall–Kier alpha value is 0.0500. The molecule has 0 aromatic heterocycles. The Labute approximate surface area is 73.4 Å². The molecule has 0 saturated carbocycles. The van der Waals surface area contributed by atoms with Crippen LogP contribution in [0.4, 0.5) is 0 Å². The van der Waals surface area contributed by atoms with Crippen LogP contribution in [0.15, 0.2) is 12.2 Å². The summed E-state index contributed by atoms with van der Waals surface area (Å²) in [5.41, 5.74) is 5.35. The van der Waals surface area contributed by atoms with Crippen molar-refractivity contribution < 1.29 is 0 Å². The van der Waals surface area contributed by atoms with Crippen molar-refractivity contribution >= 4 is 11.8 Å². The molecule has 0 atom stereocenters. The highest BCUT2D eigenvalue weighted by atomic mass is 32.2. The third-order valence-electron chi connectivity index (χ3n) is 2.11. The fraction of sp³-hybridized carbons (Fsp3) is 0.778. The van der Waals surface area contributed by atoms with Crippen LogP contribution in [-0.4, -0.2) is 18.1 Å². The molecular weight excluding hydrogens is 154 g/mol. The third-order valence-corrected chi connectivity index (χ3v) is 3.16. The van der Waals surface area contributed by atoms with E-state index in [1.54, 1.807) is 0 Å². The smallest absolute Gasteiger partial charge is 0.0106 e. The molecule has 1 rings (SSSR count). The monoisotopic (exact) mass is 171 g/mol. The fourth-order valence-electron chi connectivity index (χ4n) is 1.37. The quantitative estimate of drug-likeness (QED) is 0.658. The van der Waals surface area contributed by atoms with E-state index in [0.717, 1.165) is 5.92 Å². The van der Waals surface area contributed by atoms with Crippen molar-refractivity contribution in [2.45, 2.75) is 19.3 Å². The second-order valence-electron chi connectivity index (χ2n) is 3.00. The molecule has 0 aromatic rings. The molecule has 0 aliphatic carbocycles. The largest absolute Gasteiger partial charge is 0.327 e. The molecule has 2 N–H and O–H groups in total. The second-order valence-corrected chi connectivity index (χ2v) is 4.22. The Bertz CT molecular complexity index is 117. The summed E-state index contributed by atoms with van der Waals surface area (Å²) in [7, 11) is 0. The van der Waals surface area contributed by atoms with E-state index < -0.39 is 0 Å². The average Bonchev–Trinajstić information content (AvgIpc) is 2.07. The van der Waals surface area contributed by atoms with E-state index in [1.165, 1.54) is 30.8 Å². The SMILES string of the molecule is NC/C=C\CC1CCSCC1. The van der Waals surface area contributed by atoms with E-state index in [-0.39, 0.29) is 0 Å². The van der Waals surface area contributed by atoms with Gasteiger partial charge in [-0.2, -0.15) is 11.8 Å². The Kier molecular flexibility index (Phi) is 4.71. The lowest BCUT2D eigenvalue weighted by Gasteiger charge is -2.19. The number of hydrogen-bond donors (Lipinski definition) is 1. The highest BCUT2D eigenvalue weighted by Gasteiger charge is 2.11. The molecule has 2 heteroatoms. The Balaban J connectivity index is 2.09. The zero-order valence-corrected chi connectivity index (χ0v) is 7.78. The van der Waals surface area contributed by atoms with Gasteiger partial charge in [0, 0.05) is 6.54 Å². The number of allylic oxidation sites excluding steroid dienone is 1. The maximum Gasteiger partial charge on any atom is 0.0106 e. The van der Waals surface area contributed by atoms with Crippen LogP contribution in [0.2, 0.25) is 0 Å². The molecule has 1 aliphatic heterocycles. The van der Waals surface area contributed by atoms with Crippen molar-refractivity contribution in [1.29, 1.82) is 0 Å². The normalized spacial score (nSPS) is 21.2. The van der Waals surface area contributed by atoms with Crippen molar-refractivity contribution in [3.8, 4) is 0 Å². The van der Waals surface area contributed by atoms with E-state index >= 15 is 0 Å². The zero-order valence-electron chi connectivity index (χ0n) is 6.96. The molecule has 11 heavy (non-hydrogen) atoms. The molecule has 1 saturated heterocycles. The Morgan fingerprint density at radius 1 is 1.27 bits per heavy atom. The number of hydrogen-bond acceptors (Lipinski definition) is 2. The van der Waals surface area contributed by atoms with Gasteiger partial charge < -0.3 is 5.73 Å². The van der Waals surface area contributed by atoms with Gasteiger partial charge in [-0.1, -0.05) is 12.2 Å². The predicted molar refractivity (Wildman–Crippen MR) is 52.9 cm³/mol. The van der Waals surface area contributed by atoms with Gasteiger partial charge in [0.15, 0.2) is 0 Å². The molecule has 0 amide bonds. The van der Waals surface area contributed by atoms with Gasteiger partial charge in [0.2, 0.25) is 0 Å². The van der Waals surface area contributed by atoms with Gasteiger partial charge in [-0.3, -0.25) is 0 Å². The molecule has 0 aromatic carbocycles. The van der Waals surface area contributed by atoms with Crippen LogP contribution in [0.5, 0.6) is 0 Å². The van der Waals surface area contributed by atoms with E-state index in [9.17, 15) is 0 Å². The Morgan fingerprint density at radius 3 is 2.64 bits per heavy atom. The highest BCUT2D eigenvalue weighted by molar-refractivity contribution is 7.99. The van der Waals surface area contributed by atoms with Crippen molar-refractivity contribution in [1.82, 2.24) is 0 Å². The molecule has 1 heterocycles. The van der Waals surface area contributed by atoms with Gasteiger partial charge in [-0.25, -0.2) is 0 Å². The average molecular weight is 171 g/mol. The molecule has 64 valence electrons. The topological polar surface area (TPSA) is 26.0 Å². The first-order chi connectivity index (χ1) is 5.43. The number of thioether (sulfide) groups is 1. The minimum Gasteiger partial charge on any atom is -0.327 e. The first-order valence-corrected chi connectivity index (χ1v) is 5.51. The lowest BCUT2D eigenvalue weighted by molar-refractivity contribution is 0.497. The highest BCUT2D eigenvalue weighted by Crippen LogP contribution is 2.25. The molecule has 0 bridgehead atoms. The minimum atomic E-state index is 0.696. The molecule has 0 radical (unpaired) electrons. The summed E-state index contributed by atoms with van der Waals surface area (Å²) in [6.07, 6.45) is 8.36. The van der Waals surface area contributed by atoms with E-state index in [0.29, 0.717) is 6.54 Å². The zero-order chi connectivity index (χ0) is 7.94. The van der Waals surface area contributed by atoms with Crippen LogP contribution in [-0.2, 0) is 0 Å². The van der Waals surface area contributed by atoms with Crippen LogP contribution in [0.3, 0.4) is 0 Å². The van der Waals surface area contributed by atoms with Crippen molar-refractivity contribution in [3.63, 3.8) is 0 Å². The summed E-state index contributed by atoms with van der Waals surface area (Å²) in [4.78, 5) is 0. The maximum absolute atomic E-state index is 5.35. The standard InChI is InChI=1S/C9H17NS/c10-6-2-1-3-9-4-7-11-8-5-9/h1-2,9H,3-8,10H2/b2-1-. The summed E-state index contributed by atoms with van der Waals surface area (Å²) in [6.45, 7) is 0.696. The summed E-state index contributed by atoms with van der Waals surface area (Å²) < 4.78 is 0. The minimum absolute atomic E-state index is 0.696. The van der Waals surface area contributed by atoms with Crippen molar-refractivity contribution in [2.75, 3.05) is 18.1 Å². The second kappa shape index (κ2) is 5.67. The van der Waals surface area contributed by atoms with Gasteiger partial charge >= 0.3 is 0 Å². The lowest BCUT2D eigenvalue weighted by atomic mass is 9.99. The molecule has 0 unspecified atom stereocenters. The fourth-order valence-corrected chi connectivity index (χ4v) is 2.57. The predicted octanol–water partition coefficient (Wildman–Crippen LogP) is 2.03. The number of nitrogens with two attached hydrogens (primary N) is 1. The maximum atomic E-state index is 5.35. The lowest BCUT2D eigenvalue weighted by Crippen LogP contribution is -2.08. The molecule has 1 nitrogen and oxygen atoms in total. The summed E-state index contributed by atoms with van der Waals surface area (Å²) in [5, 5.41) is 0. The van der Waals surface area contributed by atoms with Gasteiger partial charge in [0.05, 0.1) is 0 Å². The number of rotatable bonds is 3. The van der Waals surface area contributed by atoms with E-state index in [1.807, 2.05) is 0 Å². The molecular formula is C9H17NS. The van der Waals surface area contributed by atoms with Crippen LogP contribution in [0.25, 0.3) is 0 Å². The Morgan fingerprint density at radius 2 is 2.00 bits per heavy atom. The van der Waals surface area contributed by atoms with Crippen LogP contribution < -0.4 is 5.73 Å². The molecule has 1 fully saturated rings. The van der Waals surface area contributed by atoms with Gasteiger partial charge in [0.25, 0.3) is 0 Å². The van der Waals surface area contributed by atoms with Crippen molar-refractivity contribution in [2.24, 2.45) is 11.7 Å². The summed E-state index contributed by atoms with van der Waals surface area (Å²) >= 11 is 2.09. The van der Waals surface area contributed by atoms with Crippen LogP contribution >= 0.6 is 11.8 Å². The van der Waals surface area contributed by atoms with Crippen LogP contribution in [0.1, 0.15) is 19.3 Å². The first kappa shape index (κ1) is 9.14. The van der Waals surface area contributed by atoms with Gasteiger partial charge in [-0.15, -0.1) is 0 Å². The third kappa shape index (κ3) is 3.82. The van der Waals surface area contributed by atoms with E-state index in [2.05, 4.69) is 23.9 Å². The molecule has 1 aliphatic rings. The summed E-state index contributed by atoms with van der Waals surface area (Å²) in [5.74, 6) is 3.67.